The minimum Gasteiger partial charge on any atom is -0.368 e. The average Bonchev–Trinajstić information content (AvgIpc) is 2.64. The summed E-state index contributed by atoms with van der Waals surface area (Å²) in [5.41, 5.74) is 5.38. The van der Waals surface area contributed by atoms with Crippen LogP contribution in [0, 0.1) is 0 Å². The molecule has 0 aliphatic carbocycles. The predicted molar refractivity (Wildman–Crippen MR) is 120 cm³/mol. The van der Waals surface area contributed by atoms with Crippen molar-refractivity contribution in [3.63, 3.8) is 0 Å². The maximum absolute atomic E-state index is 12.7. The number of thioether (sulfide) groups is 3. The van der Waals surface area contributed by atoms with E-state index in [1.54, 1.807) is 35.3 Å². The molecule has 0 radical (unpaired) electrons. The summed E-state index contributed by atoms with van der Waals surface area (Å²) < 4.78 is 0. The number of carbonyl (C=O) groups is 4. The monoisotopic (exact) mass is 452 g/mol. The van der Waals surface area contributed by atoms with Crippen LogP contribution < -0.4 is 21.7 Å². The van der Waals surface area contributed by atoms with Gasteiger partial charge in [0.15, 0.2) is 0 Å². The number of rotatable bonds is 15. The van der Waals surface area contributed by atoms with Crippen molar-refractivity contribution in [2.75, 3.05) is 36.0 Å². The molecule has 0 aromatic heterocycles. The first kappa shape index (κ1) is 26.9. The molecule has 0 heterocycles. The lowest BCUT2D eigenvalue weighted by atomic mass is 10.1. The number of hydrogen-bond acceptors (Lipinski definition) is 7. The van der Waals surface area contributed by atoms with Gasteiger partial charge in [-0.25, -0.2) is 0 Å². The van der Waals surface area contributed by atoms with Gasteiger partial charge in [-0.2, -0.15) is 35.3 Å². The summed E-state index contributed by atoms with van der Waals surface area (Å²) >= 11 is 4.66. The van der Waals surface area contributed by atoms with Crippen LogP contribution in [0.15, 0.2) is 0 Å². The molecule has 0 aliphatic heterocycles. The Morgan fingerprint density at radius 1 is 0.714 bits per heavy atom. The first-order valence-electron chi connectivity index (χ1n) is 8.90. The molecule has 11 heteroatoms. The third-order valence-corrected chi connectivity index (χ3v) is 5.75. The molecule has 28 heavy (non-hydrogen) atoms. The second-order valence-corrected chi connectivity index (χ2v) is 9.08. The van der Waals surface area contributed by atoms with Gasteiger partial charge in [-0.3, -0.25) is 19.2 Å². The van der Waals surface area contributed by atoms with Gasteiger partial charge in [0.2, 0.25) is 23.6 Å². The van der Waals surface area contributed by atoms with Crippen molar-refractivity contribution in [3.05, 3.63) is 0 Å². The number of primary amides is 1. The standard InChI is InChI=1S/C17H32N4O4S3/c1-11(22)19-13(6-9-27-3)16(24)21-14(7-10-28-4)17(25)20-12(15(18)23)5-8-26-2/h12-14H,5-10H2,1-4H3,(H2,18,23)(H,19,22)(H,20,25)(H,21,24)/t12-,13+,14-/m0/s1. The van der Waals surface area contributed by atoms with E-state index in [1.165, 1.54) is 6.92 Å². The summed E-state index contributed by atoms with van der Waals surface area (Å²) in [6.45, 7) is 1.35. The fourth-order valence-electron chi connectivity index (χ4n) is 2.32. The number of nitrogens with one attached hydrogen (secondary N) is 3. The molecule has 0 spiro atoms. The Kier molecular flexibility index (Phi) is 15.2. The van der Waals surface area contributed by atoms with E-state index < -0.39 is 35.8 Å². The quantitative estimate of drug-likeness (QED) is 0.279. The topological polar surface area (TPSA) is 130 Å². The van der Waals surface area contributed by atoms with E-state index in [0.29, 0.717) is 36.5 Å². The van der Waals surface area contributed by atoms with Gasteiger partial charge in [0.05, 0.1) is 0 Å². The van der Waals surface area contributed by atoms with E-state index in [-0.39, 0.29) is 5.91 Å². The molecule has 8 nitrogen and oxygen atoms in total. The molecule has 0 aliphatic rings. The van der Waals surface area contributed by atoms with Crippen molar-refractivity contribution in [2.24, 2.45) is 5.73 Å². The van der Waals surface area contributed by atoms with Crippen LogP contribution in [-0.4, -0.2) is 77.8 Å². The maximum atomic E-state index is 12.7. The zero-order valence-electron chi connectivity index (χ0n) is 16.9. The van der Waals surface area contributed by atoms with Crippen molar-refractivity contribution >= 4 is 58.9 Å². The van der Waals surface area contributed by atoms with Gasteiger partial charge < -0.3 is 21.7 Å². The summed E-state index contributed by atoms with van der Waals surface area (Å²) in [5, 5.41) is 7.99. The Bertz CT molecular complexity index is 523. The van der Waals surface area contributed by atoms with Gasteiger partial charge in [0, 0.05) is 6.92 Å². The Labute approximate surface area is 180 Å². The lowest BCUT2D eigenvalue weighted by Crippen LogP contribution is -2.56. The van der Waals surface area contributed by atoms with Crippen LogP contribution in [0.25, 0.3) is 0 Å². The molecule has 0 saturated heterocycles. The SMILES string of the molecule is CSCC[C@H](NC(=O)[C@H](CCSC)NC(=O)[C@@H](CCSC)NC(C)=O)C(N)=O. The molecule has 162 valence electrons. The Morgan fingerprint density at radius 2 is 1.07 bits per heavy atom. The van der Waals surface area contributed by atoms with Crippen LogP contribution in [0.4, 0.5) is 0 Å². The number of nitrogens with two attached hydrogens (primary N) is 1. The van der Waals surface area contributed by atoms with Crippen LogP contribution in [0.2, 0.25) is 0 Å². The zero-order valence-corrected chi connectivity index (χ0v) is 19.4. The number of amides is 4. The number of carbonyl (C=O) groups excluding carboxylic acids is 4. The second-order valence-electron chi connectivity index (χ2n) is 6.12. The third-order valence-electron chi connectivity index (χ3n) is 3.82. The van der Waals surface area contributed by atoms with Gasteiger partial charge in [-0.05, 0) is 55.3 Å². The average molecular weight is 453 g/mol. The smallest absolute Gasteiger partial charge is 0.243 e. The largest absolute Gasteiger partial charge is 0.368 e. The van der Waals surface area contributed by atoms with E-state index in [0.717, 1.165) is 0 Å². The molecule has 0 aromatic rings. The van der Waals surface area contributed by atoms with Crippen LogP contribution in [-0.2, 0) is 19.2 Å². The van der Waals surface area contributed by atoms with Gasteiger partial charge in [0.1, 0.15) is 18.1 Å². The number of hydrogen-bond donors (Lipinski definition) is 4. The molecule has 0 aromatic carbocycles. The van der Waals surface area contributed by atoms with E-state index in [4.69, 9.17) is 5.73 Å². The fourth-order valence-corrected chi connectivity index (χ4v) is 3.73. The van der Waals surface area contributed by atoms with Gasteiger partial charge in [-0.1, -0.05) is 0 Å². The first-order valence-corrected chi connectivity index (χ1v) is 13.1. The first-order chi connectivity index (χ1) is 13.3. The summed E-state index contributed by atoms with van der Waals surface area (Å²) in [6.07, 6.45) is 7.00. The van der Waals surface area contributed by atoms with Crippen LogP contribution >= 0.6 is 35.3 Å². The molecule has 4 amide bonds. The zero-order chi connectivity index (χ0) is 21.5. The third kappa shape index (κ3) is 11.7. The van der Waals surface area contributed by atoms with Crippen molar-refractivity contribution < 1.29 is 19.2 Å². The Hall–Kier alpha value is -1.07. The predicted octanol–water partition coefficient (Wildman–Crippen LogP) is 0.205. The molecular formula is C17H32N4O4S3. The molecule has 5 N–H and O–H groups in total. The molecular weight excluding hydrogens is 420 g/mol. The fraction of sp³-hybridized carbons (Fsp3) is 0.765. The summed E-state index contributed by atoms with van der Waals surface area (Å²) in [6, 6.07) is -2.30. The minimum absolute atomic E-state index is 0.308. The van der Waals surface area contributed by atoms with Crippen molar-refractivity contribution in [2.45, 2.75) is 44.3 Å². The van der Waals surface area contributed by atoms with E-state index in [9.17, 15) is 19.2 Å². The lowest BCUT2D eigenvalue weighted by Gasteiger charge is -2.24. The molecule has 0 unspecified atom stereocenters. The van der Waals surface area contributed by atoms with Crippen LogP contribution in [0.5, 0.6) is 0 Å². The highest BCUT2D eigenvalue weighted by molar-refractivity contribution is 7.98. The van der Waals surface area contributed by atoms with Crippen LogP contribution in [0.1, 0.15) is 26.2 Å². The highest BCUT2D eigenvalue weighted by Gasteiger charge is 2.28. The molecule has 0 bridgehead atoms. The van der Waals surface area contributed by atoms with Gasteiger partial charge in [0.25, 0.3) is 0 Å². The highest BCUT2D eigenvalue weighted by atomic mass is 32.2. The normalized spacial score (nSPS) is 13.9. The Balaban J connectivity index is 5.14. The highest BCUT2D eigenvalue weighted by Crippen LogP contribution is 2.07. The summed E-state index contributed by atoms with van der Waals surface area (Å²) in [4.78, 5) is 48.3. The second kappa shape index (κ2) is 15.8. The van der Waals surface area contributed by atoms with E-state index in [2.05, 4.69) is 16.0 Å². The van der Waals surface area contributed by atoms with E-state index >= 15 is 0 Å². The van der Waals surface area contributed by atoms with Crippen LogP contribution in [0.3, 0.4) is 0 Å². The molecule has 0 saturated carbocycles. The van der Waals surface area contributed by atoms with Gasteiger partial charge >= 0.3 is 0 Å². The molecule has 0 rings (SSSR count). The minimum atomic E-state index is -0.804. The molecule has 0 fully saturated rings. The van der Waals surface area contributed by atoms with E-state index in [1.807, 2.05) is 18.8 Å². The molecule has 3 atom stereocenters. The maximum Gasteiger partial charge on any atom is 0.243 e. The van der Waals surface area contributed by atoms with Crippen molar-refractivity contribution in [3.8, 4) is 0 Å². The van der Waals surface area contributed by atoms with Crippen molar-refractivity contribution in [1.29, 1.82) is 0 Å². The van der Waals surface area contributed by atoms with Crippen molar-refractivity contribution in [1.82, 2.24) is 16.0 Å². The summed E-state index contributed by atoms with van der Waals surface area (Å²) in [5.74, 6) is 0.253. The van der Waals surface area contributed by atoms with Gasteiger partial charge in [-0.15, -0.1) is 0 Å². The lowest BCUT2D eigenvalue weighted by molar-refractivity contribution is -0.133. The summed E-state index contributed by atoms with van der Waals surface area (Å²) in [7, 11) is 0. The Morgan fingerprint density at radius 3 is 1.43 bits per heavy atom.